The molecule has 0 unspecified atom stereocenters. The predicted molar refractivity (Wildman–Crippen MR) is 88.8 cm³/mol. The Balaban J connectivity index is 1.74. The summed E-state index contributed by atoms with van der Waals surface area (Å²) in [5, 5.41) is 9.39. The normalized spacial score (nSPS) is 10.5. The molecule has 0 fully saturated rings. The first-order chi connectivity index (χ1) is 10.2. The van der Waals surface area contributed by atoms with Crippen LogP contribution in [0.5, 0.6) is 0 Å². The second-order valence-electron chi connectivity index (χ2n) is 4.68. The van der Waals surface area contributed by atoms with Gasteiger partial charge < -0.3 is 16.4 Å². The van der Waals surface area contributed by atoms with E-state index in [-0.39, 0.29) is 0 Å². The van der Waals surface area contributed by atoms with E-state index in [1.165, 1.54) is 15.6 Å². The number of nitrogens with one attached hydrogen (secondary N) is 2. The third kappa shape index (κ3) is 3.14. The number of benzene rings is 2. The fourth-order valence-corrected chi connectivity index (χ4v) is 3.18. The number of urea groups is 1. The minimum Gasteiger partial charge on any atom is -0.381 e. The Morgan fingerprint density at radius 1 is 1.10 bits per heavy atom. The molecule has 4 nitrogen and oxygen atoms in total. The van der Waals surface area contributed by atoms with Crippen molar-refractivity contribution < 1.29 is 4.79 Å². The maximum atomic E-state index is 10.9. The van der Waals surface area contributed by atoms with Crippen molar-refractivity contribution in [1.29, 1.82) is 0 Å². The van der Waals surface area contributed by atoms with Crippen LogP contribution >= 0.6 is 11.3 Å². The van der Waals surface area contributed by atoms with Gasteiger partial charge in [0.05, 0.1) is 0 Å². The summed E-state index contributed by atoms with van der Waals surface area (Å²) in [5.41, 5.74) is 8.01. The van der Waals surface area contributed by atoms with Crippen molar-refractivity contribution in [3.63, 3.8) is 0 Å². The quantitative estimate of drug-likeness (QED) is 0.681. The third-order valence-corrected chi connectivity index (χ3v) is 4.19. The van der Waals surface area contributed by atoms with Crippen LogP contribution in [0.15, 0.2) is 53.9 Å². The smallest absolute Gasteiger partial charge is 0.316 e. The lowest BCUT2D eigenvalue weighted by Crippen LogP contribution is -2.19. The Hall–Kier alpha value is -2.53. The highest BCUT2D eigenvalue weighted by atomic mass is 32.1. The van der Waals surface area contributed by atoms with Crippen LogP contribution in [0.25, 0.3) is 10.1 Å². The van der Waals surface area contributed by atoms with Crippen LogP contribution in [0.4, 0.5) is 16.2 Å². The number of nitrogens with two attached hydrogens (primary N) is 1. The molecule has 3 aromatic rings. The molecule has 21 heavy (non-hydrogen) atoms. The molecule has 2 aromatic carbocycles. The molecule has 0 aliphatic carbocycles. The highest BCUT2D eigenvalue weighted by Gasteiger charge is 2.03. The lowest BCUT2D eigenvalue weighted by atomic mass is 10.2. The maximum absolute atomic E-state index is 10.9. The Bertz CT molecular complexity index is 782. The summed E-state index contributed by atoms with van der Waals surface area (Å²) in [5.74, 6) is 0. The number of thiophene rings is 1. The highest BCUT2D eigenvalue weighted by molar-refractivity contribution is 7.17. The number of carbonyl (C=O) groups excluding carboxylic acids is 1. The van der Waals surface area contributed by atoms with Crippen LogP contribution < -0.4 is 16.4 Å². The molecule has 0 saturated carbocycles. The lowest BCUT2D eigenvalue weighted by molar-refractivity contribution is 0.259. The van der Waals surface area contributed by atoms with Gasteiger partial charge in [0, 0.05) is 22.6 Å². The number of rotatable bonds is 4. The van der Waals surface area contributed by atoms with Crippen LogP contribution in [0, 0.1) is 0 Å². The molecule has 0 spiro atoms. The fraction of sp³-hybridized carbons (Fsp3) is 0.0625. The molecule has 3 rings (SSSR count). The van der Waals surface area contributed by atoms with Crippen molar-refractivity contribution in [3.05, 3.63) is 59.5 Å². The van der Waals surface area contributed by atoms with Crippen LogP contribution in [0.3, 0.4) is 0 Å². The molecule has 2 amide bonds. The molecule has 0 atom stereocenters. The van der Waals surface area contributed by atoms with E-state index >= 15 is 0 Å². The summed E-state index contributed by atoms with van der Waals surface area (Å²) in [7, 11) is 0. The van der Waals surface area contributed by atoms with Crippen molar-refractivity contribution in [1.82, 2.24) is 0 Å². The molecule has 1 aromatic heterocycles. The first kappa shape index (κ1) is 13.5. The van der Waals surface area contributed by atoms with Crippen LogP contribution in [0.2, 0.25) is 0 Å². The molecular formula is C16H15N3OS. The fourth-order valence-electron chi connectivity index (χ4n) is 2.22. The van der Waals surface area contributed by atoms with E-state index < -0.39 is 6.03 Å². The number of hydrogen-bond donors (Lipinski definition) is 3. The van der Waals surface area contributed by atoms with Crippen molar-refractivity contribution in [2.24, 2.45) is 5.73 Å². The third-order valence-electron chi connectivity index (χ3n) is 3.17. The summed E-state index contributed by atoms with van der Waals surface area (Å²) in [6.45, 7) is 0.740. The monoisotopic (exact) mass is 297 g/mol. The average Bonchev–Trinajstić information content (AvgIpc) is 2.88. The molecule has 0 bridgehead atoms. The van der Waals surface area contributed by atoms with E-state index in [4.69, 9.17) is 5.73 Å². The Morgan fingerprint density at radius 2 is 1.90 bits per heavy atom. The van der Waals surface area contributed by atoms with Gasteiger partial charge in [-0.15, -0.1) is 11.3 Å². The second-order valence-corrected chi connectivity index (χ2v) is 5.59. The zero-order valence-corrected chi connectivity index (χ0v) is 12.1. The molecule has 106 valence electrons. The van der Waals surface area contributed by atoms with Crippen molar-refractivity contribution in [3.8, 4) is 0 Å². The summed E-state index contributed by atoms with van der Waals surface area (Å²) in [6.07, 6.45) is 0. The number of hydrogen-bond acceptors (Lipinski definition) is 3. The van der Waals surface area contributed by atoms with Gasteiger partial charge in [-0.1, -0.05) is 24.3 Å². The minimum absolute atomic E-state index is 0.559. The number of anilines is 2. The largest absolute Gasteiger partial charge is 0.381 e. The van der Waals surface area contributed by atoms with Gasteiger partial charge in [0.2, 0.25) is 0 Å². The molecule has 1 heterocycles. The van der Waals surface area contributed by atoms with E-state index in [9.17, 15) is 4.79 Å². The van der Waals surface area contributed by atoms with E-state index in [1.807, 2.05) is 18.2 Å². The lowest BCUT2D eigenvalue weighted by Gasteiger charge is -2.08. The first-order valence-electron chi connectivity index (χ1n) is 6.58. The van der Waals surface area contributed by atoms with Crippen LogP contribution in [-0.2, 0) is 6.54 Å². The summed E-state index contributed by atoms with van der Waals surface area (Å²) < 4.78 is 1.29. The van der Waals surface area contributed by atoms with Gasteiger partial charge in [0.15, 0.2) is 0 Å². The maximum Gasteiger partial charge on any atom is 0.316 e. The van der Waals surface area contributed by atoms with Gasteiger partial charge in [0.1, 0.15) is 0 Å². The topological polar surface area (TPSA) is 67.2 Å². The van der Waals surface area contributed by atoms with Crippen LogP contribution in [-0.4, -0.2) is 6.03 Å². The van der Waals surface area contributed by atoms with E-state index in [0.717, 1.165) is 12.2 Å². The SMILES string of the molecule is NC(=O)Nc1cccc(NCc2csc3ccccc23)c1. The Kier molecular flexibility index (Phi) is 3.75. The zero-order chi connectivity index (χ0) is 14.7. The summed E-state index contributed by atoms with van der Waals surface area (Å²) in [6, 6.07) is 15.3. The van der Waals surface area contributed by atoms with E-state index in [1.54, 1.807) is 17.4 Å². The van der Waals surface area contributed by atoms with Gasteiger partial charge in [-0.3, -0.25) is 0 Å². The number of primary amides is 1. The van der Waals surface area contributed by atoms with Crippen LogP contribution in [0.1, 0.15) is 5.56 Å². The Labute approximate surface area is 126 Å². The summed E-state index contributed by atoms with van der Waals surface area (Å²) >= 11 is 1.75. The summed E-state index contributed by atoms with van der Waals surface area (Å²) in [4.78, 5) is 10.9. The molecular weight excluding hydrogens is 282 g/mol. The molecule has 5 heteroatoms. The molecule has 0 aliphatic heterocycles. The number of fused-ring (bicyclic) bond motifs is 1. The van der Waals surface area contributed by atoms with Gasteiger partial charge >= 0.3 is 6.03 Å². The Morgan fingerprint density at radius 3 is 2.76 bits per heavy atom. The van der Waals surface area contributed by atoms with Crippen molar-refractivity contribution >= 4 is 38.8 Å². The zero-order valence-electron chi connectivity index (χ0n) is 11.3. The van der Waals surface area contributed by atoms with E-state index in [0.29, 0.717) is 5.69 Å². The molecule has 0 aliphatic rings. The highest BCUT2D eigenvalue weighted by Crippen LogP contribution is 2.26. The second kappa shape index (κ2) is 5.85. The minimum atomic E-state index is -0.559. The standard InChI is InChI=1S/C16H15N3OS/c17-16(20)19-13-5-3-4-12(8-13)18-9-11-10-21-15-7-2-1-6-14(11)15/h1-8,10,18H,9H2,(H3,17,19,20). The number of amides is 2. The molecule has 4 N–H and O–H groups in total. The van der Waals surface area contributed by atoms with Gasteiger partial charge in [-0.05, 0) is 40.6 Å². The number of carbonyl (C=O) groups is 1. The van der Waals surface area contributed by atoms with Gasteiger partial charge in [0.25, 0.3) is 0 Å². The molecule has 0 saturated heterocycles. The van der Waals surface area contributed by atoms with Crippen molar-refractivity contribution in [2.75, 3.05) is 10.6 Å². The average molecular weight is 297 g/mol. The first-order valence-corrected chi connectivity index (χ1v) is 7.46. The van der Waals surface area contributed by atoms with Crippen molar-refractivity contribution in [2.45, 2.75) is 6.54 Å². The van der Waals surface area contributed by atoms with Gasteiger partial charge in [-0.25, -0.2) is 4.79 Å². The predicted octanol–water partition coefficient (Wildman–Crippen LogP) is 4.00. The van der Waals surface area contributed by atoms with Gasteiger partial charge in [-0.2, -0.15) is 0 Å². The molecule has 0 radical (unpaired) electrons. The van der Waals surface area contributed by atoms with E-state index in [2.05, 4.69) is 40.3 Å².